The first-order valence-corrected chi connectivity index (χ1v) is 4.51. The van der Waals surface area contributed by atoms with Crippen molar-refractivity contribution in [3.05, 3.63) is 47.0 Å². The lowest BCUT2D eigenvalue weighted by Crippen LogP contribution is -2.22. The summed E-state index contributed by atoms with van der Waals surface area (Å²) in [6.07, 6.45) is 3.09. The minimum absolute atomic E-state index is 0.0703. The first kappa shape index (κ1) is 10.1. The zero-order valence-electron chi connectivity index (χ0n) is 8.52. The molecule has 0 unspecified atom stereocenters. The van der Waals surface area contributed by atoms with Crippen molar-refractivity contribution in [3.63, 3.8) is 0 Å². The van der Waals surface area contributed by atoms with Crippen LogP contribution in [0, 0.1) is 10.1 Å². The molecule has 2 aromatic rings. The SMILES string of the molecule is CN(c1ccc([N+](=O)[O-])cc1)n1cnnc1. The fourth-order valence-corrected chi connectivity index (χ4v) is 1.27. The number of nitro groups is 1. The van der Waals surface area contributed by atoms with Crippen LogP contribution in [-0.2, 0) is 0 Å². The molecule has 0 saturated heterocycles. The highest BCUT2D eigenvalue weighted by Crippen LogP contribution is 2.18. The summed E-state index contributed by atoms with van der Waals surface area (Å²) in [6.45, 7) is 0. The summed E-state index contributed by atoms with van der Waals surface area (Å²) >= 11 is 0. The molecule has 7 heteroatoms. The molecule has 0 fully saturated rings. The van der Waals surface area contributed by atoms with Crippen molar-refractivity contribution in [2.24, 2.45) is 0 Å². The molecule has 0 aliphatic heterocycles. The van der Waals surface area contributed by atoms with Gasteiger partial charge in [-0.25, -0.2) is 4.68 Å². The number of nitrogens with zero attached hydrogens (tertiary/aromatic N) is 5. The van der Waals surface area contributed by atoms with Crippen LogP contribution in [-0.4, -0.2) is 26.8 Å². The molecular formula is C9H9N5O2. The second kappa shape index (κ2) is 3.97. The van der Waals surface area contributed by atoms with E-state index in [0.29, 0.717) is 0 Å². The van der Waals surface area contributed by atoms with Gasteiger partial charge < -0.3 is 0 Å². The molecule has 7 nitrogen and oxygen atoms in total. The number of aromatic nitrogens is 3. The van der Waals surface area contributed by atoms with E-state index in [9.17, 15) is 10.1 Å². The second-order valence-corrected chi connectivity index (χ2v) is 3.14. The zero-order valence-corrected chi connectivity index (χ0v) is 8.52. The molecule has 0 aliphatic carbocycles. The smallest absolute Gasteiger partial charge is 0.269 e. The van der Waals surface area contributed by atoms with Gasteiger partial charge in [-0.3, -0.25) is 15.1 Å². The molecular weight excluding hydrogens is 210 g/mol. The Kier molecular flexibility index (Phi) is 2.50. The Morgan fingerprint density at radius 3 is 2.31 bits per heavy atom. The van der Waals surface area contributed by atoms with Gasteiger partial charge in [0.05, 0.1) is 10.6 Å². The largest absolute Gasteiger partial charge is 0.282 e. The van der Waals surface area contributed by atoms with E-state index < -0.39 is 4.92 Å². The number of anilines is 1. The number of rotatable bonds is 3. The molecule has 1 heterocycles. The van der Waals surface area contributed by atoms with Crippen molar-refractivity contribution in [3.8, 4) is 0 Å². The monoisotopic (exact) mass is 219 g/mol. The number of benzene rings is 1. The van der Waals surface area contributed by atoms with E-state index >= 15 is 0 Å². The van der Waals surface area contributed by atoms with E-state index in [1.54, 1.807) is 34.5 Å². The number of hydrogen-bond acceptors (Lipinski definition) is 5. The summed E-state index contributed by atoms with van der Waals surface area (Å²) in [5.74, 6) is 0. The molecule has 0 amide bonds. The second-order valence-electron chi connectivity index (χ2n) is 3.14. The fraction of sp³-hybridized carbons (Fsp3) is 0.111. The Hall–Kier alpha value is -2.44. The van der Waals surface area contributed by atoms with Crippen LogP contribution in [0.5, 0.6) is 0 Å². The molecule has 82 valence electrons. The Labute approximate surface area is 91.1 Å². The van der Waals surface area contributed by atoms with Crippen LogP contribution in [0.2, 0.25) is 0 Å². The van der Waals surface area contributed by atoms with Gasteiger partial charge in [0.1, 0.15) is 12.7 Å². The summed E-state index contributed by atoms with van der Waals surface area (Å²) in [7, 11) is 1.81. The van der Waals surface area contributed by atoms with E-state index in [1.807, 2.05) is 7.05 Å². The van der Waals surface area contributed by atoms with Crippen LogP contribution in [0.4, 0.5) is 11.4 Å². The van der Waals surface area contributed by atoms with Crippen molar-refractivity contribution in [2.45, 2.75) is 0 Å². The zero-order chi connectivity index (χ0) is 11.5. The van der Waals surface area contributed by atoms with Gasteiger partial charge in [0.2, 0.25) is 0 Å². The lowest BCUT2D eigenvalue weighted by Gasteiger charge is -2.18. The molecule has 1 aromatic heterocycles. The Morgan fingerprint density at radius 1 is 1.25 bits per heavy atom. The lowest BCUT2D eigenvalue weighted by molar-refractivity contribution is -0.384. The van der Waals surface area contributed by atoms with Gasteiger partial charge in [0, 0.05) is 19.2 Å². The highest BCUT2D eigenvalue weighted by atomic mass is 16.6. The molecule has 0 aliphatic rings. The Bertz CT molecular complexity index is 479. The van der Waals surface area contributed by atoms with Crippen LogP contribution in [0.15, 0.2) is 36.9 Å². The molecule has 1 aromatic carbocycles. The molecule has 0 bridgehead atoms. The molecule has 0 spiro atoms. The lowest BCUT2D eigenvalue weighted by atomic mass is 10.3. The van der Waals surface area contributed by atoms with Gasteiger partial charge in [-0.05, 0) is 12.1 Å². The predicted molar refractivity (Wildman–Crippen MR) is 56.9 cm³/mol. The van der Waals surface area contributed by atoms with Gasteiger partial charge >= 0.3 is 0 Å². The van der Waals surface area contributed by atoms with E-state index in [0.717, 1.165) is 5.69 Å². The molecule has 16 heavy (non-hydrogen) atoms. The van der Waals surface area contributed by atoms with Gasteiger partial charge in [-0.1, -0.05) is 0 Å². The number of hydrogen-bond donors (Lipinski definition) is 0. The minimum atomic E-state index is -0.428. The average Bonchev–Trinajstić information content (AvgIpc) is 2.81. The quantitative estimate of drug-likeness (QED) is 0.570. The first-order valence-electron chi connectivity index (χ1n) is 4.51. The maximum absolute atomic E-state index is 10.5. The summed E-state index contributed by atoms with van der Waals surface area (Å²) in [4.78, 5) is 10.0. The summed E-state index contributed by atoms with van der Waals surface area (Å²) in [5, 5.41) is 19.6. The summed E-state index contributed by atoms with van der Waals surface area (Å²) < 4.78 is 1.67. The van der Waals surface area contributed by atoms with Crippen LogP contribution in [0.25, 0.3) is 0 Å². The summed E-state index contributed by atoms with van der Waals surface area (Å²) in [5.41, 5.74) is 0.881. The molecule has 0 radical (unpaired) electrons. The van der Waals surface area contributed by atoms with Crippen molar-refractivity contribution in [2.75, 3.05) is 12.1 Å². The summed E-state index contributed by atoms with van der Waals surface area (Å²) in [6, 6.07) is 6.24. The highest BCUT2D eigenvalue weighted by Gasteiger charge is 2.07. The Morgan fingerprint density at radius 2 is 1.81 bits per heavy atom. The maximum Gasteiger partial charge on any atom is 0.269 e. The van der Waals surface area contributed by atoms with E-state index in [4.69, 9.17) is 0 Å². The fourth-order valence-electron chi connectivity index (χ4n) is 1.27. The highest BCUT2D eigenvalue weighted by molar-refractivity contribution is 5.49. The van der Waals surface area contributed by atoms with Crippen LogP contribution >= 0.6 is 0 Å². The van der Waals surface area contributed by atoms with E-state index in [2.05, 4.69) is 10.2 Å². The third-order valence-corrected chi connectivity index (χ3v) is 2.19. The minimum Gasteiger partial charge on any atom is -0.282 e. The van der Waals surface area contributed by atoms with Crippen molar-refractivity contribution in [1.82, 2.24) is 14.9 Å². The van der Waals surface area contributed by atoms with Crippen LogP contribution < -0.4 is 5.01 Å². The maximum atomic E-state index is 10.5. The third kappa shape index (κ3) is 1.83. The van der Waals surface area contributed by atoms with Crippen molar-refractivity contribution >= 4 is 11.4 Å². The molecule has 0 atom stereocenters. The average molecular weight is 219 g/mol. The van der Waals surface area contributed by atoms with Gasteiger partial charge in [0.15, 0.2) is 0 Å². The topological polar surface area (TPSA) is 77.1 Å². The van der Waals surface area contributed by atoms with Crippen molar-refractivity contribution in [1.29, 1.82) is 0 Å². The van der Waals surface area contributed by atoms with Crippen LogP contribution in [0.1, 0.15) is 0 Å². The van der Waals surface area contributed by atoms with Gasteiger partial charge in [0.25, 0.3) is 5.69 Å². The Balaban J connectivity index is 2.25. The third-order valence-electron chi connectivity index (χ3n) is 2.19. The molecule has 0 N–H and O–H groups in total. The number of nitro benzene ring substituents is 1. The van der Waals surface area contributed by atoms with Crippen LogP contribution in [0.3, 0.4) is 0 Å². The number of non-ortho nitro benzene ring substituents is 1. The van der Waals surface area contributed by atoms with E-state index in [-0.39, 0.29) is 5.69 Å². The molecule has 0 saturated carbocycles. The first-order chi connectivity index (χ1) is 7.68. The van der Waals surface area contributed by atoms with Gasteiger partial charge in [-0.2, -0.15) is 0 Å². The van der Waals surface area contributed by atoms with Gasteiger partial charge in [-0.15, -0.1) is 10.2 Å². The molecule has 2 rings (SSSR count). The van der Waals surface area contributed by atoms with E-state index in [1.165, 1.54) is 12.1 Å². The standard InChI is InChI=1S/C9H9N5O2/c1-12(13-6-10-11-7-13)8-2-4-9(5-3-8)14(15)16/h2-7H,1H3. The normalized spacial score (nSPS) is 10.1. The predicted octanol–water partition coefficient (Wildman–Crippen LogP) is 1.09. The van der Waals surface area contributed by atoms with Crippen molar-refractivity contribution < 1.29 is 4.92 Å².